The van der Waals surface area contributed by atoms with Gasteiger partial charge in [0.25, 0.3) is 5.91 Å². The van der Waals surface area contributed by atoms with E-state index in [-0.39, 0.29) is 24.6 Å². The first-order valence-electron chi connectivity index (χ1n) is 11.6. The van der Waals surface area contributed by atoms with E-state index >= 15 is 0 Å². The molecule has 0 unspecified atom stereocenters. The molecular weight excluding hydrogens is 358 g/mol. The summed E-state index contributed by atoms with van der Waals surface area (Å²) in [5.41, 5.74) is 1.43. The Labute approximate surface area is 177 Å². The number of carbonyl (C=O) groups is 1. The number of aliphatic hydroxyl groups excluding tert-OH is 1. The van der Waals surface area contributed by atoms with Gasteiger partial charge in [-0.25, -0.2) is 0 Å². The Hall–Kier alpha value is -1.87. The molecule has 3 heteroatoms. The standard InChI is InChI=1S/C26H39NO2/c1-5-11-22(12-6-2)27(23(13-7-3)14-8-4)26(29)25-21(19-28)18-17-20-15-9-10-16-24(20)25/h9-10,15-18,22-23,28H,5-8,11-14,19H2,1-4H3. The number of aliphatic hydroxyl groups is 1. The first-order valence-corrected chi connectivity index (χ1v) is 11.6. The molecule has 0 aromatic heterocycles. The summed E-state index contributed by atoms with van der Waals surface area (Å²) in [6, 6.07) is 12.5. The molecule has 0 saturated carbocycles. The number of nitrogens with zero attached hydrogens (tertiary/aromatic N) is 1. The van der Waals surface area contributed by atoms with Crippen molar-refractivity contribution in [2.24, 2.45) is 0 Å². The van der Waals surface area contributed by atoms with Gasteiger partial charge in [-0.1, -0.05) is 89.8 Å². The van der Waals surface area contributed by atoms with Crippen LogP contribution in [0.4, 0.5) is 0 Å². The fraction of sp³-hybridized carbons (Fsp3) is 0.577. The Balaban J connectivity index is 2.63. The first kappa shape index (κ1) is 23.4. The van der Waals surface area contributed by atoms with Crippen LogP contribution >= 0.6 is 0 Å². The van der Waals surface area contributed by atoms with Crippen molar-refractivity contribution in [3.63, 3.8) is 0 Å². The third-order valence-electron chi connectivity index (χ3n) is 5.91. The molecule has 2 aromatic carbocycles. The van der Waals surface area contributed by atoms with E-state index in [0.29, 0.717) is 5.56 Å². The molecule has 1 amide bonds. The second-order valence-corrected chi connectivity index (χ2v) is 8.15. The van der Waals surface area contributed by atoms with Crippen molar-refractivity contribution in [2.75, 3.05) is 0 Å². The van der Waals surface area contributed by atoms with E-state index in [0.717, 1.165) is 67.7 Å². The van der Waals surface area contributed by atoms with Crippen molar-refractivity contribution < 1.29 is 9.90 Å². The summed E-state index contributed by atoms with van der Waals surface area (Å²) in [5.74, 6) is 0.102. The SMILES string of the molecule is CCCC(CCC)N(C(=O)c1c(CO)ccc2ccccc12)C(CCC)CCC. The molecule has 2 aromatic rings. The maximum atomic E-state index is 14.1. The van der Waals surface area contributed by atoms with Crippen molar-refractivity contribution in [2.45, 2.75) is 97.8 Å². The zero-order chi connectivity index (χ0) is 21.2. The predicted octanol–water partition coefficient (Wildman–Crippen LogP) is 6.71. The Bertz CT molecular complexity index is 742. The number of amides is 1. The van der Waals surface area contributed by atoms with Gasteiger partial charge in [0.05, 0.1) is 12.2 Å². The van der Waals surface area contributed by atoms with Crippen molar-refractivity contribution >= 4 is 16.7 Å². The van der Waals surface area contributed by atoms with Gasteiger partial charge in [0.2, 0.25) is 0 Å². The van der Waals surface area contributed by atoms with Crippen LogP contribution in [0.1, 0.15) is 95.0 Å². The summed E-state index contributed by atoms with van der Waals surface area (Å²) in [6.45, 7) is 8.71. The number of carbonyl (C=O) groups excluding carboxylic acids is 1. The number of fused-ring (bicyclic) bond motifs is 1. The van der Waals surface area contributed by atoms with Gasteiger partial charge in [-0.3, -0.25) is 4.79 Å². The molecule has 0 radical (unpaired) electrons. The quantitative estimate of drug-likeness (QED) is 0.432. The lowest BCUT2D eigenvalue weighted by molar-refractivity contribution is 0.0509. The highest BCUT2D eigenvalue weighted by atomic mass is 16.3. The molecule has 29 heavy (non-hydrogen) atoms. The first-order chi connectivity index (χ1) is 14.1. The van der Waals surface area contributed by atoms with Crippen LogP contribution in [0.25, 0.3) is 10.8 Å². The summed E-state index contributed by atoms with van der Waals surface area (Å²) in [7, 11) is 0. The molecule has 1 N–H and O–H groups in total. The van der Waals surface area contributed by atoms with E-state index in [4.69, 9.17) is 0 Å². The summed E-state index contributed by atoms with van der Waals surface area (Å²) in [5, 5.41) is 12.0. The Morgan fingerprint density at radius 1 is 0.828 bits per heavy atom. The average molecular weight is 398 g/mol. The molecule has 3 nitrogen and oxygen atoms in total. The number of rotatable bonds is 12. The third-order valence-corrected chi connectivity index (χ3v) is 5.91. The van der Waals surface area contributed by atoms with E-state index in [1.54, 1.807) is 0 Å². The summed E-state index contributed by atoms with van der Waals surface area (Å²) >= 11 is 0. The zero-order valence-electron chi connectivity index (χ0n) is 18.8. The van der Waals surface area contributed by atoms with E-state index < -0.39 is 0 Å². The number of hydrogen-bond donors (Lipinski definition) is 1. The molecule has 0 aliphatic carbocycles. The van der Waals surface area contributed by atoms with Gasteiger partial charge in [-0.15, -0.1) is 0 Å². The normalized spacial score (nSPS) is 11.6. The highest BCUT2D eigenvalue weighted by Crippen LogP contribution is 2.30. The van der Waals surface area contributed by atoms with Crippen LogP contribution in [0, 0.1) is 0 Å². The predicted molar refractivity (Wildman–Crippen MR) is 123 cm³/mol. The summed E-state index contributed by atoms with van der Waals surface area (Å²) in [6.07, 6.45) is 8.41. The van der Waals surface area contributed by atoms with E-state index in [9.17, 15) is 9.90 Å². The van der Waals surface area contributed by atoms with Gasteiger partial charge >= 0.3 is 0 Å². The lowest BCUT2D eigenvalue weighted by Crippen LogP contribution is -2.47. The zero-order valence-corrected chi connectivity index (χ0v) is 18.8. The molecule has 0 heterocycles. The monoisotopic (exact) mass is 397 g/mol. The fourth-order valence-corrected chi connectivity index (χ4v) is 4.64. The van der Waals surface area contributed by atoms with Crippen molar-refractivity contribution in [1.82, 2.24) is 4.90 Å². The topological polar surface area (TPSA) is 40.5 Å². The lowest BCUT2D eigenvalue weighted by Gasteiger charge is -2.39. The number of hydrogen-bond acceptors (Lipinski definition) is 2. The Kier molecular flexibility index (Phi) is 9.66. The van der Waals surface area contributed by atoms with Crippen molar-refractivity contribution in [1.29, 1.82) is 0 Å². The van der Waals surface area contributed by atoms with Crippen LogP contribution in [0.15, 0.2) is 36.4 Å². The van der Waals surface area contributed by atoms with Gasteiger partial charge in [0.1, 0.15) is 0 Å². The van der Waals surface area contributed by atoms with Crippen LogP contribution in [0.3, 0.4) is 0 Å². The van der Waals surface area contributed by atoms with Crippen molar-refractivity contribution in [3.8, 4) is 0 Å². The maximum absolute atomic E-state index is 14.1. The molecule has 160 valence electrons. The maximum Gasteiger partial charge on any atom is 0.255 e. The van der Waals surface area contributed by atoms with Gasteiger partial charge in [-0.05, 0) is 42.0 Å². The summed E-state index contributed by atoms with van der Waals surface area (Å²) < 4.78 is 0. The minimum absolute atomic E-state index is 0.102. The van der Waals surface area contributed by atoms with E-state index in [2.05, 4.69) is 32.6 Å². The second-order valence-electron chi connectivity index (χ2n) is 8.15. The van der Waals surface area contributed by atoms with Crippen LogP contribution in [0.2, 0.25) is 0 Å². The number of benzene rings is 2. The average Bonchev–Trinajstić information content (AvgIpc) is 2.73. The van der Waals surface area contributed by atoms with E-state index in [1.807, 2.05) is 36.4 Å². The van der Waals surface area contributed by atoms with Crippen LogP contribution in [0.5, 0.6) is 0 Å². The Morgan fingerprint density at radius 3 is 1.83 bits per heavy atom. The minimum atomic E-state index is -0.113. The van der Waals surface area contributed by atoms with Crippen molar-refractivity contribution in [3.05, 3.63) is 47.5 Å². The molecule has 0 saturated heterocycles. The van der Waals surface area contributed by atoms with Gasteiger partial charge in [0.15, 0.2) is 0 Å². The summed E-state index contributed by atoms with van der Waals surface area (Å²) in [4.78, 5) is 16.3. The molecule has 2 rings (SSSR count). The third kappa shape index (κ3) is 5.60. The smallest absolute Gasteiger partial charge is 0.255 e. The molecule has 0 aliphatic rings. The molecule has 0 spiro atoms. The van der Waals surface area contributed by atoms with Crippen LogP contribution in [-0.4, -0.2) is 28.0 Å². The van der Waals surface area contributed by atoms with Gasteiger partial charge < -0.3 is 10.0 Å². The lowest BCUT2D eigenvalue weighted by atomic mass is 9.93. The molecule has 0 fully saturated rings. The van der Waals surface area contributed by atoms with Gasteiger partial charge in [0, 0.05) is 12.1 Å². The molecule has 0 atom stereocenters. The molecule has 0 aliphatic heterocycles. The van der Waals surface area contributed by atoms with E-state index in [1.165, 1.54) is 0 Å². The molecular formula is C26H39NO2. The minimum Gasteiger partial charge on any atom is -0.392 e. The largest absolute Gasteiger partial charge is 0.392 e. The Morgan fingerprint density at radius 2 is 1.34 bits per heavy atom. The molecule has 0 bridgehead atoms. The highest BCUT2D eigenvalue weighted by molar-refractivity contribution is 6.08. The fourth-order valence-electron chi connectivity index (χ4n) is 4.64. The highest BCUT2D eigenvalue weighted by Gasteiger charge is 2.31. The van der Waals surface area contributed by atoms with Gasteiger partial charge in [-0.2, -0.15) is 0 Å². The van der Waals surface area contributed by atoms with Crippen LogP contribution in [-0.2, 0) is 6.61 Å². The second kappa shape index (κ2) is 12.0. The van der Waals surface area contributed by atoms with Crippen LogP contribution < -0.4 is 0 Å².